The van der Waals surface area contributed by atoms with Crippen molar-refractivity contribution in [3.05, 3.63) is 52.6 Å². The number of likely N-dealkylation sites (N-methyl/N-ethyl adjacent to an activating group) is 1. The minimum absolute atomic E-state index is 0.0740. The van der Waals surface area contributed by atoms with Crippen molar-refractivity contribution in [1.29, 1.82) is 0 Å². The van der Waals surface area contributed by atoms with E-state index in [9.17, 15) is 9.59 Å². The van der Waals surface area contributed by atoms with Gasteiger partial charge in [0.15, 0.2) is 11.5 Å². The van der Waals surface area contributed by atoms with Gasteiger partial charge in [0.2, 0.25) is 11.8 Å². The van der Waals surface area contributed by atoms with Gasteiger partial charge in [-0.2, -0.15) is 0 Å². The molecule has 0 aliphatic heterocycles. The molecule has 2 amide bonds. The third-order valence-corrected chi connectivity index (χ3v) is 5.02. The summed E-state index contributed by atoms with van der Waals surface area (Å²) in [6, 6.07) is 9.56. The number of nitrogens with one attached hydrogen (secondary N) is 2. The zero-order valence-corrected chi connectivity index (χ0v) is 18.6. The van der Waals surface area contributed by atoms with Crippen molar-refractivity contribution in [3.8, 4) is 11.5 Å². The van der Waals surface area contributed by atoms with E-state index in [1.54, 1.807) is 14.2 Å². The van der Waals surface area contributed by atoms with Gasteiger partial charge < -0.3 is 20.1 Å². The molecule has 0 aliphatic carbocycles. The number of nitrogens with zero attached hydrogens (tertiary/aromatic N) is 1. The Morgan fingerprint density at radius 1 is 0.967 bits per heavy atom. The summed E-state index contributed by atoms with van der Waals surface area (Å²) in [6.45, 7) is 6.59. The molecule has 0 saturated carbocycles. The Kier molecular flexibility index (Phi) is 8.24. The molecule has 7 nitrogen and oxygen atoms in total. The summed E-state index contributed by atoms with van der Waals surface area (Å²) in [5, 5.41) is 5.51. The number of benzene rings is 2. The van der Waals surface area contributed by atoms with Gasteiger partial charge in [0.25, 0.3) is 0 Å². The van der Waals surface area contributed by atoms with Crippen LogP contribution in [0.1, 0.15) is 22.3 Å². The predicted octanol–water partition coefficient (Wildman–Crippen LogP) is 2.82. The first kappa shape index (κ1) is 23.2. The maximum absolute atomic E-state index is 12.3. The number of hydrogen-bond acceptors (Lipinski definition) is 5. The fourth-order valence-electron chi connectivity index (χ4n) is 3.10. The van der Waals surface area contributed by atoms with Gasteiger partial charge in [0.1, 0.15) is 0 Å². The molecule has 0 unspecified atom stereocenters. The van der Waals surface area contributed by atoms with Gasteiger partial charge in [-0.3, -0.25) is 14.5 Å². The Bertz CT molecular complexity index is 912. The van der Waals surface area contributed by atoms with Crippen molar-refractivity contribution in [2.75, 3.05) is 39.7 Å². The van der Waals surface area contributed by atoms with Crippen LogP contribution in [-0.4, -0.2) is 51.1 Å². The molecule has 2 aromatic rings. The predicted molar refractivity (Wildman–Crippen MR) is 118 cm³/mol. The molecule has 0 aliphatic rings. The summed E-state index contributed by atoms with van der Waals surface area (Å²) < 4.78 is 10.7. The molecule has 0 aromatic heterocycles. The molecule has 162 valence electrons. The van der Waals surface area contributed by atoms with Gasteiger partial charge in [0.05, 0.1) is 27.3 Å². The highest BCUT2D eigenvalue weighted by atomic mass is 16.5. The van der Waals surface area contributed by atoms with Crippen molar-refractivity contribution < 1.29 is 19.1 Å². The van der Waals surface area contributed by atoms with E-state index in [1.165, 1.54) is 0 Å². The zero-order valence-electron chi connectivity index (χ0n) is 18.6. The summed E-state index contributed by atoms with van der Waals surface area (Å²) in [5.74, 6) is 0.857. The van der Waals surface area contributed by atoms with Crippen molar-refractivity contribution in [3.63, 3.8) is 0 Å². The van der Waals surface area contributed by atoms with Crippen molar-refractivity contribution in [1.82, 2.24) is 10.2 Å². The summed E-state index contributed by atoms with van der Waals surface area (Å²) in [7, 11) is 5.05. The summed E-state index contributed by atoms with van der Waals surface area (Å²) >= 11 is 0. The highest BCUT2D eigenvalue weighted by molar-refractivity contribution is 5.95. The van der Waals surface area contributed by atoms with Gasteiger partial charge in [-0.25, -0.2) is 0 Å². The van der Waals surface area contributed by atoms with E-state index < -0.39 is 0 Å². The number of hydrogen-bond donors (Lipinski definition) is 2. The van der Waals surface area contributed by atoms with Crippen molar-refractivity contribution in [2.45, 2.75) is 27.3 Å². The third-order valence-electron chi connectivity index (χ3n) is 5.02. The number of amides is 2. The van der Waals surface area contributed by atoms with Crippen LogP contribution in [0.3, 0.4) is 0 Å². The Hall–Kier alpha value is -3.06. The van der Waals surface area contributed by atoms with Crippen LogP contribution in [0.4, 0.5) is 5.69 Å². The van der Waals surface area contributed by atoms with Gasteiger partial charge in [-0.15, -0.1) is 0 Å². The summed E-state index contributed by atoms with van der Waals surface area (Å²) in [4.78, 5) is 26.3. The SMILES string of the molecule is COc1cc(C)c(CN(C)CC(=O)NCC(=O)Nc2cccc(C)c2C)cc1OC. The molecular weight excluding hydrogens is 382 g/mol. The molecule has 7 heteroatoms. The molecule has 0 saturated heterocycles. The summed E-state index contributed by atoms with van der Waals surface area (Å²) in [6.07, 6.45) is 0. The van der Waals surface area contributed by atoms with Crippen LogP contribution in [0.2, 0.25) is 0 Å². The molecule has 0 heterocycles. The number of anilines is 1. The van der Waals surface area contributed by atoms with Crippen LogP contribution < -0.4 is 20.1 Å². The molecule has 0 spiro atoms. The average molecular weight is 414 g/mol. The van der Waals surface area contributed by atoms with E-state index in [0.29, 0.717) is 18.0 Å². The van der Waals surface area contributed by atoms with E-state index in [4.69, 9.17) is 9.47 Å². The first-order valence-electron chi connectivity index (χ1n) is 9.78. The minimum atomic E-state index is -0.254. The maximum atomic E-state index is 12.3. The zero-order chi connectivity index (χ0) is 22.3. The lowest BCUT2D eigenvalue weighted by Gasteiger charge is -2.19. The molecule has 0 bridgehead atoms. The van der Waals surface area contributed by atoms with Gasteiger partial charge >= 0.3 is 0 Å². The topological polar surface area (TPSA) is 79.9 Å². The fourth-order valence-corrected chi connectivity index (χ4v) is 3.10. The highest BCUT2D eigenvalue weighted by Crippen LogP contribution is 2.30. The van der Waals surface area contributed by atoms with Crippen LogP contribution >= 0.6 is 0 Å². The monoisotopic (exact) mass is 413 g/mol. The standard InChI is InChI=1S/C23H31N3O4/c1-15-8-7-9-19(17(15)3)25-22(27)12-24-23(28)14-26(4)13-18-11-21(30-6)20(29-5)10-16(18)2/h7-11H,12-14H2,1-6H3,(H,24,28)(H,25,27). The van der Waals surface area contributed by atoms with Crippen molar-refractivity contribution >= 4 is 17.5 Å². The van der Waals surface area contributed by atoms with Crippen LogP contribution in [0.25, 0.3) is 0 Å². The molecule has 2 N–H and O–H groups in total. The smallest absolute Gasteiger partial charge is 0.243 e. The average Bonchev–Trinajstić information content (AvgIpc) is 2.71. The van der Waals surface area contributed by atoms with Crippen molar-refractivity contribution in [2.24, 2.45) is 0 Å². The Morgan fingerprint density at radius 2 is 1.63 bits per heavy atom. The van der Waals surface area contributed by atoms with Crippen LogP contribution in [-0.2, 0) is 16.1 Å². The third kappa shape index (κ3) is 6.22. The molecule has 0 atom stereocenters. The number of carbonyl (C=O) groups excluding carboxylic acids is 2. The number of aryl methyl sites for hydroxylation is 2. The molecule has 2 rings (SSSR count). The van der Waals surface area contributed by atoms with E-state index in [2.05, 4.69) is 10.6 Å². The van der Waals surface area contributed by atoms with E-state index in [1.807, 2.05) is 63.1 Å². The second-order valence-corrected chi connectivity index (χ2v) is 7.38. The van der Waals surface area contributed by atoms with E-state index >= 15 is 0 Å². The minimum Gasteiger partial charge on any atom is -0.493 e. The molecule has 30 heavy (non-hydrogen) atoms. The normalized spacial score (nSPS) is 10.6. The largest absolute Gasteiger partial charge is 0.493 e. The number of ether oxygens (including phenoxy) is 2. The second-order valence-electron chi connectivity index (χ2n) is 7.38. The Labute approximate surface area is 178 Å². The first-order valence-corrected chi connectivity index (χ1v) is 9.78. The molecule has 2 aromatic carbocycles. The van der Waals surface area contributed by atoms with Crippen LogP contribution in [0, 0.1) is 20.8 Å². The van der Waals surface area contributed by atoms with Gasteiger partial charge in [-0.1, -0.05) is 12.1 Å². The van der Waals surface area contributed by atoms with E-state index in [0.717, 1.165) is 27.9 Å². The van der Waals surface area contributed by atoms with Crippen LogP contribution in [0.15, 0.2) is 30.3 Å². The highest BCUT2D eigenvalue weighted by Gasteiger charge is 2.13. The van der Waals surface area contributed by atoms with E-state index in [-0.39, 0.29) is 24.9 Å². The number of methoxy groups -OCH3 is 2. The lowest BCUT2D eigenvalue weighted by molar-refractivity contribution is -0.124. The lowest BCUT2D eigenvalue weighted by Crippen LogP contribution is -2.39. The summed E-state index contributed by atoms with van der Waals surface area (Å²) in [5.41, 5.74) is 4.96. The fraction of sp³-hybridized carbons (Fsp3) is 0.391. The molecule has 0 radical (unpaired) electrons. The molecular formula is C23H31N3O4. The Morgan fingerprint density at radius 3 is 2.30 bits per heavy atom. The van der Waals surface area contributed by atoms with Crippen LogP contribution in [0.5, 0.6) is 11.5 Å². The lowest BCUT2D eigenvalue weighted by atomic mass is 10.1. The Balaban J connectivity index is 1.86. The first-order chi connectivity index (χ1) is 14.2. The number of carbonyl (C=O) groups is 2. The quantitative estimate of drug-likeness (QED) is 0.661. The second kappa shape index (κ2) is 10.6. The maximum Gasteiger partial charge on any atom is 0.243 e. The van der Waals surface area contributed by atoms with Gasteiger partial charge in [-0.05, 0) is 68.3 Å². The molecule has 0 fully saturated rings. The number of rotatable bonds is 9. The van der Waals surface area contributed by atoms with Gasteiger partial charge in [0, 0.05) is 12.2 Å².